The molecular weight excluding hydrogens is 272 g/mol. The Morgan fingerprint density at radius 1 is 1.23 bits per heavy atom. The molecular formula is C19H28N2O. The molecule has 1 aliphatic carbocycles. The molecule has 1 N–H and O–H groups in total. The van der Waals surface area contributed by atoms with Crippen LogP contribution in [-0.4, -0.2) is 24.5 Å². The van der Waals surface area contributed by atoms with Crippen LogP contribution in [0.3, 0.4) is 0 Å². The van der Waals surface area contributed by atoms with Crippen LogP contribution in [0.2, 0.25) is 0 Å². The highest BCUT2D eigenvalue weighted by Gasteiger charge is 2.27. The maximum atomic E-state index is 12.6. The summed E-state index contributed by atoms with van der Waals surface area (Å²) in [4.78, 5) is 14.9. The molecule has 1 amide bonds. The van der Waals surface area contributed by atoms with Crippen LogP contribution in [0.1, 0.15) is 56.6 Å². The van der Waals surface area contributed by atoms with Crippen LogP contribution in [-0.2, 0) is 11.2 Å². The Hall–Kier alpha value is -1.51. The van der Waals surface area contributed by atoms with Gasteiger partial charge in [0.2, 0.25) is 5.91 Å². The first-order valence-electron chi connectivity index (χ1n) is 8.81. The topological polar surface area (TPSA) is 32.3 Å². The van der Waals surface area contributed by atoms with Crippen molar-refractivity contribution in [2.24, 2.45) is 0 Å². The molecule has 1 fully saturated rings. The summed E-state index contributed by atoms with van der Waals surface area (Å²) in [6, 6.07) is 6.93. The van der Waals surface area contributed by atoms with Crippen LogP contribution in [0.15, 0.2) is 18.2 Å². The van der Waals surface area contributed by atoms with E-state index in [0.717, 1.165) is 32.2 Å². The van der Waals surface area contributed by atoms with Gasteiger partial charge in [0.25, 0.3) is 0 Å². The fourth-order valence-corrected chi connectivity index (χ4v) is 3.87. The van der Waals surface area contributed by atoms with E-state index in [0.29, 0.717) is 6.04 Å². The minimum absolute atomic E-state index is 0.0799. The van der Waals surface area contributed by atoms with E-state index in [-0.39, 0.29) is 11.9 Å². The van der Waals surface area contributed by atoms with E-state index in [4.69, 9.17) is 0 Å². The number of benzene rings is 1. The lowest BCUT2D eigenvalue weighted by molar-refractivity contribution is -0.123. The predicted octanol–water partition coefficient (Wildman–Crippen LogP) is 3.59. The zero-order valence-electron chi connectivity index (χ0n) is 13.9. The lowest BCUT2D eigenvalue weighted by atomic mass is 9.95. The number of hydrogen-bond acceptors (Lipinski definition) is 2. The average Bonchev–Trinajstić information content (AvgIpc) is 2.54. The summed E-state index contributed by atoms with van der Waals surface area (Å²) < 4.78 is 0. The molecule has 120 valence electrons. The zero-order chi connectivity index (χ0) is 15.5. The van der Waals surface area contributed by atoms with Crippen molar-refractivity contribution in [2.45, 2.75) is 70.9 Å². The second kappa shape index (κ2) is 6.72. The first kappa shape index (κ1) is 15.4. The number of nitrogens with zero attached hydrogens (tertiary/aromatic N) is 1. The van der Waals surface area contributed by atoms with Crippen molar-refractivity contribution in [3.63, 3.8) is 0 Å². The molecule has 1 atom stereocenters. The molecule has 1 saturated carbocycles. The molecule has 1 heterocycles. The molecule has 3 nitrogen and oxygen atoms in total. The Morgan fingerprint density at radius 3 is 2.77 bits per heavy atom. The van der Waals surface area contributed by atoms with Crippen LogP contribution in [0.5, 0.6) is 0 Å². The zero-order valence-corrected chi connectivity index (χ0v) is 13.9. The molecule has 1 aliphatic heterocycles. The van der Waals surface area contributed by atoms with Gasteiger partial charge in [-0.15, -0.1) is 0 Å². The smallest absolute Gasteiger partial charge is 0.242 e. The molecule has 22 heavy (non-hydrogen) atoms. The van der Waals surface area contributed by atoms with Crippen LogP contribution >= 0.6 is 0 Å². The number of amides is 1. The van der Waals surface area contributed by atoms with Crippen molar-refractivity contribution in [1.82, 2.24) is 5.32 Å². The largest absolute Gasteiger partial charge is 0.360 e. The number of nitrogens with one attached hydrogen (secondary N) is 1. The minimum atomic E-state index is -0.0799. The van der Waals surface area contributed by atoms with Crippen molar-refractivity contribution >= 4 is 11.6 Å². The maximum absolute atomic E-state index is 12.6. The molecule has 0 bridgehead atoms. The number of rotatable bonds is 3. The maximum Gasteiger partial charge on any atom is 0.242 e. The third-order valence-electron chi connectivity index (χ3n) is 5.19. The highest BCUT2D eigenvalue weighted by Crippen LogP contribution is 2.29. The Morgan fingerprint density at radius 2 is 2.00 bits per heavy atom. The molecule has 0 unspecified atom stereocenters. The number of anilines is 1. The number of aryl methyl sites for hydroxylation is 2. The quantitative estimate of drug-likeness (QED) is 0.925. The molecule has 0 spiro atoms. The van der Waals surface area contributed by atoms with Crippen molar-refractivity contribution in [3.05, 3.63) is 29.3 Å². The van der Waals surface area contributed by atoms with E-state index < -0.39 is 0 Å². The number of hydrogen-bond donors (Lipinski definition) is 1. The van der Waals surface area contributed by atoms with Crippen molar-refractivity contribution in [2.75, 3.05) is 11.4 Å². The van der Waals surface area contributed by atoms with E-state index in [1.54, 1.807) is 0 Å². The first-order valence-corrected chi connectivity index (χ1v) is 8.81. The summed E-state index contributed by atoms with van der Waals surface area (Å²) in [6.07, 6.45) is 8.39. The number of fused-ring (bicyclic) bond motifs is 1. The van der Waals surface area contributed by atoms with E-state index in [2.05, 4.69) is 35.3 Å². The van der Waals surface area contributed by atoms with Gasteiger partial charge in [0, 0.05) is 18.3 Å². The molecule has 3 rings (SSSR count). The standard InChI is InChI=1S/C19H28N2O/c1-14-10-11-18-16(13-14)7-6-12-21(18)15(2)19(22)20-17-8-4-3-5-9-17/h10-11,13,15,17H,3-9,12H2,1-2H3,(H,20,22)/t15-/m1/s1. The SMILES string of the molecule is Cc1ccc2c(c1)CCCN2[C@H](C)C(=O)NC1CCCCC1. The lowest BCUT2D eigenvalue weighted by Gasteiger charge is -2.36. The molecule has 0 saturated heterocycles. The monoisotopic (exact) mass is 300 g/mol. The Bertz CT molecular complexity index is 534. The number of carbonyl (C=O) groups is 1. The van der Waals surface area contributed by atoms with Gasteiger partial charge in [-0.2, -0.15) is 0 Å². The van der Waals surface area contributed by atoms with Crippen molar-refractivity contribution in [1.29, 1.82) is 0 Å². The van der Waals surface area contributed by atoms with Crippen LogP contribution in [0.25, 0.3) is 0 Å². The van der Waals surface area contributed by atoms with Crippen LogP contribution in [0, 0.1) is 6.92 Å². The first-order chi connectivity index (χ1) is 10.6. The summed E-state index contributed by atoms with van der Waals surface area (Å²) in [5, 5.41) is 3.28. The van der Waals surface area contributed by atoms with Gasteiger partial charge in [-0.25, -0.2) is 0 Å². The third-order valence-corrected chi connectivity index (χ3v) is 5.19. The van der Waals surface area contributed by atoms with E-state index in [1.165, 1.54) is 36.1 Å². The van der Waals surface area contributed by atoms with Gasteiger partial charge in [-0.3, -0.25) is 4.79 Å². The Balaban J connectivity index is 1.69. The highest BCUT2D eigenvalue weighted by molar-refractivity contribution is 5.85. The fourth-order valence-electron chi connectivity index (χ4n) is 3.87. The highest BCUT2D eigenvalue weighted by atomic mass is 16.2. The molecule has 2 aliphatic rings. The molecule has 3 heteroatoms. The summed E-state index contributed by atoms with van der Waals surface area (Å²) in [5.74, 6) is 0.195. The van der Waals surface area contributed by atoms with Gasteiger partial charge in [-0.1, -0.05) is 37.0 Å². The van der Waals surface area contributed by atoms with Crippen molar-refractivity contribution < 1.29 is 4.79 Å². The minimum Gasteiger partial charge on any atom is -0.360 e. The second-order valence-electron chi connectivity index (χ2n) is 6.95. The summed E-state index contributed by atoms with van der Waals surface area (Å²) in [5.41, 5.74) is 3.95. The van der Waals surface area contributed by atoms with Gasteiger partial charge in [-0.05, 0) is 51.2 Å². The molecule has 0 radical (unpaired) electrons. The normalized spacial score (nSPS) is 20.4. The van der Waals surface area contributed by atoms with Gasteiger partial charge in [0.15, 0.2) is 0 Å². The molecule has 1 aromatic carbocycles. The van der Waals surface area contributed by atoms with Crippen molar-refractivity contribution in [3.8, 4) is 0 Å². The van der Waals surface area contributed by atoms with E-state index >= 15 is 0 Å². The Labute approximate surface area is 134 Å². The average molecular weight is 300 g/mol. The van der Waals surface area contributed by atoms with Crippen LogP contribution in [0.4, 0.5) is 5.69 Å². The number of carbonyl (C=O) groups excluding carboxylic acids is 1. The van der Waals surface area contributed by atoms with E-state index in [9.17, 15) is 4.79 Å². The lowest BCUT2D eigenvalue weighted by Crippen LogP contribution is -2.50. The summed E-state index contributed by atoms with van der Waals surface area (Å²) in [6.45, 7) is 5.17. The van der Waals surface area contributed by atoms with Gasteiger partial charge in [0.1, 0.15) is 6.04 Å². The molecule has 0 aromatic heterocycles. The summed E-state index contributed by atoms with van der Waals surface area (Å²) in [7, 11) is 0. The molecule has 1 aromatic rings. The third kappa shape index (κ3) is 3.29. The predicted molar refractivity (Wildman–Crippen MR) is 91.3 cm³/mol. The fraction of sp³-hybridized carbons (Fsp3) is 0.632. The van der Waals surface area contributed by atoms with Gasteiger partial charge < -0.3 is 10.2 Å². The van der Waals surface area contributed by atoms with E-state index in [1.807, 2.05) is 6.92 Å². The van der Waals surface area contributed by atoms with Gasteiger partial charge in [0.05, 0.1) is 0 Å². The summed E-state index contributed by atoms with van der Waals surface area (Å²) >= 11 is 0. The Kier molecular flexibility index (Phi) is 4.70. The van der Waals surface area contributed by atoms with Crippen LogP contribution < -0.4 is 10.2 Å². The second-order valence-corrected chi connectivity index (χ2v) is 6.95. The van der Waals surface area contributed by atoms with Gasteiger partial charge >= 0.3 is 0 Å².